The summed E-state index contributed by atoms with van der Waals surface area (Å²) < 4.78 is 0. The van der Waals surface area contributed by atoms with Crippen molar-refractivity contribution >= 4 is 23.1 Å². The van der Waals surface area contributed by atoms with Gasteiger partial charge in [0.25, 0.3) is 0 Å². The van der Waals surface area contributed by atoms with Gasteiger partial charge < -0.3 is 11.1 Å². The van der Waals surface area contributed by atoms with Gasteiger partial charge in [-0.3, -0.25) is 0 Å². The molecule has 0 saturated heterocycles. The second-order valence-corrected chi connectivity index (χ2v) is 7.88. The number of nitrogen functional groups attached to an aromatic ring is 1. The molecule has 2 rings (SSSR count). The molecule has 0 radical (unpaired) electrons. The highest BCUT2D eigenvalue weighted by molar-refractivity contribution is 7.98. The number of hydrogen-bond donors (Lipinski definition) is 2. The topological polar surface area (TPSA) is 50.9 Å². The lowest BCUT2D eigenvalue weighted by atomic mass is 9.91. The van der Waals surface area contributed by atoms with Crippen LogP contribution in [0.15, 0.2) is 59.9 Å². The first-order valence-electron chi connectivity index (χ1n) is 7.70. The van der Waals surface area contributed by atoms with Crippen LogP contribution in [-0.2, 0) is 5.75 Å². The zero-order valence-corrected chi connectivity index (χ0v) is 14.9. The van der Waals surface area contributed by atoms with E-state index < -0.39 is 0 Å². The maximum absolute atomic E-state index is 5.70. The number of benzene rings is 1. The van der Waals surface area contributed by atoms with Gasteiger partial charge in [0.15, 0.2) is 0 Å². The first kappa shape index (κ1) is 17.4. The fraction of sp³-hybridized carbons (Fsp3) is 0.316. The first-order valence-corrected chi connectivity index (χ1v) is 8.68. The summed E-state index contributed by atoms with van der Waals surface area (Å²) in [7, 11) is 0. The molecular formula is C19H25N3S. The highest BCUT2D eigenvalue weighted by Gasteiger charge is 2.12. The van der Waals surface area contributed by atoms with Gasteiger partial charge in [0, 0.05) is 17.1 Å². The van der Waals surface area contributed by atoms with Crippen LogP contribution in [0.4, 0.5) is 11.4 Å². The Bertz CT molecular complexity index is 640. The van der Waals surface area contributed by atoms with Crippen molar-refractivity contribution in [1.29, 1.82) is 0 Å². The summed E-state index contributed by atoms with van der Waals surface area (Å²) in [4.78, 5) is 4.50. The molecule has 0 aliphatic rings. The fourth-order valence-electron chi connectivity index (χ4n) is 2.20. The second-order valence-electron chi connectivity index (χ2n) is 6.88. The molecule has 122 valence electrons. The third kappa shape index (κ3) is 6.37. The molecule has 0 aliphatic heterocycles. The van der Waals surface area contributed by atoms with E-state index in [0.29, 0.717) is 0 Å². The van der Waals surface area contributed by atoms with Crippen molar-refractivity contribution in [2.45, 2.75) is 38.0 Å². The largest absolute Gasteiger partial charge is 0.399 e. The number of hydrogen-bond acceptors (Lipinski definition) is 4. The van der Waals surface area contributed by atoms with Crippen molar-refractivity contribution in [3.8, 4) is 0 Å². The molecule has 23 heavy (non-hydrogen) atoms. The number of nitrogens with one attached hydrogen (secondary N) is 1. The number of pyridine rings is 1. The lowest BCUT2D eigenvalue weighted by Crippen LogP contribution is -2.10. The number of thioether (sulfide) groups is 1. The molecule has 2 aromatic rings. The van der Waals surface area contributed by atoms with E-state index in [1.165, 1.54) is 5.56 Å². The maximum atomic E-state index is 5.70. The molecule has 0 saturated carbocycles. The SMILES string of the molecule is C=C(CC(C)(C)C)Nc1ccc(SCc2ccc(N)cc2)nc1. The van der Waals surface area contributed by atoms with E-state index in [0.717, 1.165) is 34.3 Å². The predicted octanol–water partition coefficient (Wildman–Crippen LogP) is 5.32. The van der Waals surface area contributed by atoms with Crippen LogP contribution >= 0.6 is 11.8 Å². The molecule has 0 unspecified atom stereocenters. The number of aromatic nitrogens is 1. The van der Waals surface area contributed by atoms with Crippen molar-refractivity contribution in [3.05, 3.63) is 60.4 Å². The van der Waals surface area contributed by atoms with Crippen molar-refractivity contribution in [1.82, 2.24) is 4.98 Å². The van der Waals surface area contributed by atoms with Gasteiger partial charge in [0.2, 0.25) is 0 Å². The molecule has 0 spiro atoms. The first-order chi connectivity index (χ1) is 10.8. The zero-order chi connectivity index (χ0) is 16.9. The van der Waals surface area contributed by atoms with E-state index in [1.54, 1.807) is 11.8 Å². The Morgan fingerprint density at radius 2 is 1.87 bits per heavy atom. The van der Waals surface area contributed by atoms with Crippen molar-refractivity contribution in [2.24, 2.45) is 5.41 Å². The molecule has 3 N–H and O–H groups in total. The second kappa shape index (κ2) is 7.55. The number of anilines is 2. The molecule has 3 nitrogen and oxygen atoms in total. The highest BCUT2D eigenvalue weighted by Crippen LogP contribution is 2.25. The van der Waals surface area contributed by atoms with E-state index in [-0.39, 0.29) is 5.41 Å². The van der Waals surface area contributed by atoms with Crippen LogP contribution in [0.1, 0.15) is 32.8 Å². The Balaban J connectivity index is 1.87. The molecule has 1 aromatic carbocycles. The Morgan fingerprint density at radius 3 is 2.43 bits per heavy atom. The van der Waals surface area contributed by atoms with Crippen LogP contribution in [-0.4, -0.2) is 4.98 Å². The molecule has 0 fully saturated rings. The van der Waals surface area contributed by atoms with Gasteiger partial charge in [-0.25, -0.2) is 4.98 Å². The minimum absolute atomic E-state index is 0.229. The molecule has 0 bridgehead atoms. The number of rotatable bonds is 6. The van der Waals surface area contributed by atoms with E-state index in [1.807, 2.05) is 30.5 Å². The Labute approximate surface area is 143 Å². The predicted molar refractivity (Wildman–Crippen MR) is 101 cm³/mol. The third-order valence-electron chi connectivity index (χ3n) is 3.17. The average Bonchev–Trinajstić information content (AvgIpc) is 2.46. The maximum Gasteiger partial charge on any atom is 0.0964 e. The van der Waals surface area contributed by atoms with Crippen molar-refractivity contribution in [2.75, 3.05) is 11.1 Å². The Kier molecular flexibility index (Phi) is 5.72. The van der Waals surface area contributed by atoms with Crippen molar-refractivity contribution in [3.63, 3.8) is 0 Å². The normalized spacial score (nSPS) is 11.3. The molecule has 1 aromatic heterocycles. The van der Waals surface area contributed by atoms with E-state index in [9.17, 15) is 0 Å². The van der Waals surface area contributed by atoms with Gasteiger partial charge >= 0.3 is 0 Å². The van der Waals surface area contributed by atoms with Gasteiger partial charge in [-0.1, -0.05) is 39.5 Å². The van der Waals surface area contributed by atoms with Gasteiger partial charge in [-0.15, -0.1) is 11.8 Å². The standard InChI is InChI=1S/C19H25N3S/c1-14(11-19(2,3)4)22-17-9-10-18(21-12-17)23-13-15-5-7-16(20)8-6-15/h5-10,12,22H,1,11,13,20H2,2-4H3. The number of nitrogens with zero attached hydrogens (tertiary/aromatic N) is 1. The van der Waals surface area contributed by atoms with E-state index in [2.05, 4.69) is 49.8 Å². The average molecular weight is 327 g/mol. The van der Waals surface area contributed by atoms with Crippen LogP contribution in [0.25, 0.3) is 0 Å². The molecule has 4 heteroatoms. The van der Waals surface area contributed by atoms with Crippen LogP contribution in [0.2, 0.25) is 0 Å². The number of allylic oxidation sites excluding steroid dienone is 1. The molecule has 0 aliphatic carbocycles. The molecule has 0 amide bonds. The smallest absolute Gasteiger partial charge is 0.0964 e. The zero-order valence-electron chi connectivity index (χ0n) is 14.1. The van der Waals surface area contributed by atoms with Gasteiger partial charge in [-0.05, 0) is 41.7 Å². The van der Waals surface area contributed by atoms with Crippen molar-refractivity contribution < 1.29 is 0 Å². The van der Waals surface area contributed by atoms with Gasteiger partial charge in [-0.2, -0.15) is 0 Å². The van der Waals surface area contributed by atoms with Crippen LogP contribution in [0.5, 0.6) is 0 Å². The summed E-state index contributed by atoms with van der Waals surface area (Å²) in [5.74, 6) is 0.886. The van der Waals surface area contributed by atoms with Crippen LogP contribution in [0.3, 0.4) is 0 Å². The fourth-order valence-corrected chi connectivity index (χ4v) is 3.00. The van der Waals surface area contributed by atoms with Crippen LogP contribution < -0.4 is 11.1 Å². The summed E-state index contributed by atoms with van der Waals surface area (Å²) in [5.41, 5.74) is 9.96. The van der Waals surface area contributed by atoms with E-state index in [4.69, 9.17) is 5.73 Å². The minimum Gasteiger partial charge on any atom is -0.399 e. The third-order valence-corrected chi connectivity index (χ3v) is 4.18. The Morgan fingerprint density at radius 1 is 1.17 bits per heavy atom. The summed E-state index contributed by atoms with van der Waals surface area (Å²) in [6, 6.07) is 12.0. The Hall–Kier alpha value is -1.94. The lowest BCUT2D eigenvalue weighted by Gasteiger charge is -2.20. The quantitative estimate of drug-likeness (QED) is 0.557. The summed E-state index contributed by atoms with van der Waals surface area (Å²) in [6.45, 7) is 10.7. The lowest BCUT2D eigenvalue weighted by molar-refractivity contribution is 0.411. The van der Waals surface area contributed by atoms with Gasteiger partial charge in [0.05, 0.1) is 16.9 Å². The number of nitrogens with two attached hydrogens (primary N) is 1. The van der Waals surface area contributed by atoms with E-state index >= 15 is 0 Å². The minimum atomic E-state index is 0.229. The summed E-state index contributed by atoms with van der Waals surface area (Å²) in [5, 5.41) is 4.33. The molecular weight excluding hydrogens is 302 g/mol. The highest BCUT2D eigenvalue weighted by atomic mass is 32.2. The summed E-state index contributed by atoms with van der Waals surface area (Å²) in [6.07, 6.45) is 2.79. The van der Waals surface area contributed by atoms with Crippen LogP contribution in [0, 0.1) is 5.41 Å². The van der Waals surface area contributed by atoms with Gasteiger partial charge in [0.1, 0.15) is 0 Å². The molecule has 0 atom stereocenters. The summed E-state index contributed by atoms with van der Waals surface area (Å²) >= 11 is 1.71. The monoisotopic (exact) mass is 327 g/mol. The molecule has 1 heterocycles.